The van der Waals surface area contributed by atoms with Crippen LogP contribution in [0.25, 0.3) is 0 Å². The van der Waals surface area contributed by atoms with E-state index in [1.807, 2.05) is 23.1 Å². The first-order valence-corrected chi connectivity index (χ1v) is 7.41. The van der Waals surface area contributed by atoms with Gasteiger partial charge in [0.15, 0.2) is 0 Å². The highest BCUT2D eigenvalue weighted by atomic mass is 35.5. The van der Waals surface area contributed by atoms with E-state index in [-0.39, 0.29) is 30.7 Å². The number of carbonyl (C=O) groups excluding carboxylic acids is 1. The predicted octanol–water partition coefficient (Wildman–Crippen LogP) is 2.84. The van der Waals surface area contributed by atoms with Crippen LogP contribution in [-0.4, -0.2) is 36.5 Å². The van der Waals surface area contributed by atoms with E-state index in [1.165, 1.54) is 5.56 Å². The summed E-state index contributed by atoms with van der Waals surface area (Å²) in [6.45, 7) is 6.36. The highest BCUT2D eigenvalue weighted by molar-refractivity contribution is 5.85. The van der Waals surface area contributed by atoms with Gasteiger partial charge in [-0.1, -0.05) is 18.2 Å². The van der Waals surface area contributed by atoms with Crippen LogP contribution in [0, 0.1) is 12.8 Å². The molecule has 2 rings (SSSR count). The number of benzene rings is 1. The minimum absolute atomic E-state index is 0. The van der Waals surface area contributed by atoms with Crippen molar-refractivity contribution in [1.29, 1.82) is 0 Å². The third kappa shape index (κ3) is 5.34. The van der Waals surface area contributed by atoms with Gasteiger partial charge in [-0.3, -0.25) is 4.79 Å². The number of rotatable bonds is 5. The lowest BCUT2D eigenvalue weighted by atomic mass is 10.1. The zero-order chi connectivity index (χ0) is 14.5. The number of amides is 1. The van der Waals surface area contributed by atoms with E-state index in [9.17, 15) is 4.79 Å². The molecule has 1 heterocycles. The van der Waals surface area contributed by atoms with Crippen LogP contribution in [0.2, 0.25) is 0 Å². The van der Waals surface area contributed by atoms with Gasteiger partial charge < -0.3 is 16.0 Å². The molecule has 1 aromatic rings. The summed E-state index contributed by atoms with van der Waals surface area (Å²) in [4.78, 5) is 14.2. The third-order valence-electron chi connectivity index (χ3n) is 4.11. The number of aryl methyl sites for hydroxylation is 1. The molecular weight excluding hydrogens is 321 g/mol. The molecule has 0 saturated carbocycles. The minimum Gasteiger partial charge on any atom is -0.384 e. The Morgan fingerprint density at radius 3 is 2.64 bits per heavy atom. The van der Waals surface area contributed by atoms with Crippen molar-refractivity contribution in [2.24, 2.45) is 11.7 Å². The standard InChI is InChI=1S/C16H25N3O.2ClH/c1-12-5-3-4-6-15(12)18-8-7-16(20)19-11-14(10-17)9-13(19)2;;/h3-6,13-14,18H,7-11,17H2,1-2H3;2*1H. The summed E-state index contributed by atoms with van der Waals surface area (Å²) in [6, 6.07) is 8.46. The second-order valence-electron chi connectivity index (χ2n) is 5.72. The normalized spacial score (nSPS) is 20.0. The van der Waals surface area contributed by atoms with Crippen LogP contribution in [0.15, 0.2) is 24.3 Å². The molecule has 2 atom stereocenters. The zero-order valence-electron chi connectivity index (χ0n) is 13.2. The van der Waals surface area contributed by atoms with E-state index in [4.69, 9.17) is 5.73 Å². The second-order valence-corrected chi connectivity index (χ2v) is 5.72. The molecule has 1 aliphatic heterocycles. The monoisotopic (exact) mass is 347 g/mol. The van der Waals surface area contributed by atoms with Gasteiger partial charge in [0.2, 0.25) is 5.91 Å². The van der Waals surface area contributed by atoms with E-state index in [0.717, 1.165) is 18.7 Å². The Labute approximate surface area is 145 Å². The van der Waals surface area contributed by atoms with Crippen LogP contribution in [0.5, 0.6) is 0 Å². The number of nitrogens with one attached hydrogen (secondary N) is 1. The average Bonchev–Trinajstić information content (AvgIpc) is 2.82. The Kier molecular flexibility index (Phi) is 9.49. The molecule has 2 unspecified atom stereocenters. The number of halogens is 2. The summed E-state index contributed by atoms with van der Waals surface area (Å²) in [7, 11) is 0. The van der Waals surface area contributed by atoms with Gasteiger partial charge in [0, 0.05) is 31.2 Å². The van der Waals surface area contributed by atoms with Gasteiger partial charge in [0.05, 0.1) is 0 Å². The first-order chi connectivity index (χ1) is 9.61. The summed E-state index contributed by atoms with van der Waals surface area (Å²) in [6.07, 6.45) is 1.57. The SMILES string of the molecule is Cc1ccccc1NCCC(=O)N1CC(CN)CC1C.Cl.Cl. The van der Waals surface area contributed by atoms with Crippen LogP contribution >= 0.6 is 24.8 Å². The molecule has 0 aromatic heterocycles. The van der Waals surface area contributed by atoms with Gasteiger partial charge in [0.25, 0.3) is 0 Å². The Morgan fingerprint density at radius 1 is 1.36 bits per heavy atom. The summed E-state index contributed by atoms with van der Waals surface area (Å²) < 4.78 is 0. The molecule has 1 saturated heterocycles. The third-order valence-corrected chi connectivity index (χ3v) is 4.11. The molecule has 4 nitrogen and oxygen atoms in total. The number of para-hydroxylation sites is 1. The van der Waals surface area contributed by atoms with Crippen molar-refractivity contribution >= 4 is 36.4 Å². The largest absolute Gasteiger partial charge is 0.384 e. The smallest absolute Gasteiger partial charge is 0.224 e. The van der Waals surface area contributed by atoms with Crippen LogP contribution in [0.4, 0.5) is 5.69 Å². The number of hydrogen-bond acceptors (Lipinski definition) is 3. The molecular formula is C16H27Cl2N3O. The van der Waals surface area contributed by atoms with E-state index in [1.54, 1.807) is 0 Å². The molecule has 0 spiro atoms. The van der Waals surface area contributed by atoms with E-state index < -0.39 is 0 Å². The van der Waals surface area contributed by atoms with Crippen molar-refractivity contribution in [2.75, 3.05) is 25.0 Å². The highest BCUT2D eigenvalue weighted by Crippen LogP contribution is 2.22. The van der Waals surface area contributed by atoms with Crippen LogP contribution in [-0.2, 0) is 4.79 Å². The van der Waals surface area contributed by atoms with Crippen molar-refractivity contribution in [3.63, 3.8) is 0 Å². The predicted molar refractivity (Wildman–Crippen MR) is 97.1 cm³/mol. The van der Waals surface area contributed by atoms with Gasteiger partial charge in [-0.15, -0.1) is 24.8 Å². The second kappa shape index (κ2) is 9.93. The first-order valence-electron chi connectivity index (χ1n) is 7.41. The first kappa shape index (κ1) is 21.0. The number of likely N-dealkylation sites (tertiary alicyclic amines) is 1. The van der Waals surface area contributed by atoms with Crippen molar-refractivity contribution in [2.45, 2.75) is 32.7 Å². The van der Waals surface area contributed by atoms with Gasteiger partial charge in [0.1, 0.15) is 0 Å². The molecule has 6 heteroatoms. The molecule has 22 heavy (non-hydrogen) atoms. The topological polar surface area (TPSA) is 58.4 Å². The van der Waals surface area contributed by atoms with Crippen LogP contribution in [0.1, 0.15) is 25.3 Å². The molecule has 1 amide bonds. The maximum Gasteiger partial charge on any atom is 0.224 e. The Morgan fingerprint density at radius 2 is 2.05 bits per heavy atom. The lowest BCUT2D eigenvalue weighted by molar-refractivity contribution is -0.131. The van der Waals surface area contributed by atoms with Gasteiger partial charge >= 0.3 is 0 Å². The number of nitrogens with zero attached hydrogens (tertiary/aromatic N) is 1. The fraction of sp³-hybridized carbons (Fsp3) is 0.562. The van der Waals surface area contributed by atoms with Crippen LogP contribution < -0.4 is 11.1 Å². The fourth-order valence-corrected chi connectivity index (χ4v) is 2.88. The summed E-state index contributed by atoms with van der Waals surface area (Å²) in [5.74, 6) is 0.702. The molecule has 0 aliphatic carbocycles. The summed E-state index contributed by atoms with van der Waals surface area (Å²) in [5.41, 5.74) is 8.01. The lowest BCUT2D eigenvalue weighted by Gasteiger charge is -2.21. The van der Waals surface area contributed by atoms with Crippen molar-refractivity contribution < 1.29 is 4.79 Å². The molecule has 0 radical (unpaired) electrons. The van der Waals surface area contributed by atoms with E-state index in [2.05, 4.69) is 25.2 Å². The van der Waals surface area contributed by atoms with Gasteiger partial charge in [-0.2, -0.15) is 0 Å². The Balaban J connectivity index is 0.00000220. The Bertz CT molecular complexity index is 470. The molecule has 1 fully saturated rings. The van der Waals surface area contributed by atoms with Crippen molar-refractivity contribution in [1.82, 2.24) is 4.90 Å². The van der Waals surface area contributed by atoms with Crippen molar-refractivity contribution in [3.8, 4) is 0 Å². The quantitative estimate of drug-likeness (QED) is 0.860. The van der Waals surface area contributed by atoms with Gasteiger partial charge in [-0.25, -0.2) is 0 Å². The number of carbonyl (C=O) groups is 1. The fourth-order valence-electron chi connectivity index (χ4n) is 2.88. The maximum atomic E-state index is 12.2. The van der Waals surface area contributed by atoms with Crippen molar-refractivity contribution in [3.05, 3.63) is 29.8 Å². The average molecular weight is 348 g/mol. The molecule has 3 N–H and O–H groups in total. The Hall–Kier alpha value is -0.970. The number of nitrogens with two attached hydrogens (primary N) is 1. The summed E-state index contributed by atoms with van der Waals surface area (Å²) >= 11 is 0. The van der Waals surface area contributed by atoms with Gasteiger partial charge in [-0.05, 0) is 44.4 Å². The summed E-state index contributed by atoms with van der Waals surface area (Å²) in [5, 5.41) is 3.34. The molecule has 0 bridgehead atoms. The molecule has 1 aliphatic rings. The molecule has 1 aromatic carbocycles. The molecule has 126 valence electrons. The lowest BCUT2D eigenvalue weighted by Crippen LogP contribution is -2.35. The van der Waals surface area contributed by atoms with E-state index >= 15 is 0 Å². The number of hydrogen-bond donors (Lipinski definition) is 2. The minimum atomic E-state index is 0. The maximum absolute atomic E-state index is 12.2. The van der Waals surface area contributed by atoms with E-state index in [0.29, 0.717) is 31.5 Å². The highest BCUT2D eigenvalue weighted by Gasteiger charge is 2.30. The van der Waals surface area contributed by atoms with Crippen LogP contribution in [0.3, 0.4) is 0 Å². The zero-order valence-corrected chi connectivity index (χ0v) is 14.9. The number of anilines is 1.